The molecule has 0 unspecified atom stereocenters. The van der Waals surface area contributed by atoms with Crippen molar-refractivity contribution in [1.82, 2.24) is 19.9 Å². The summed E-state index contributed by atoms with van der Waals surface area (Å²) in [6, 6.07) is 5.14. The van der Waals surface area contributed by atoms with E-state index >= 15 is 0 Å². The Balaban J connectivity index is 1.74. The van der Waals surface area contributed by atoms with Crippen LogP contribution >= 0.6 is 0 Å². The molecule has 3 N–H and O–H groups in total. The third-order valence-corrected chi connectivity index (χ3v) is 4.48. The molecule has 132 valence electrons. The summed E-state index contributed by atoms with van der Waals surface area (Å²) in [5.41, 5.74) is 8.64. The number of aromatic nitrogens is 4. The zero-order valence-electron chi connectivity index (χ0n) is 14.4. The van der Waals surface area contributed by atoms with Crippen LogP contribution in [0.4, 0.5) is 10.2 Å². The SMILES string of the molecule is C[C@@H](N)C#Cc1ncc(F)cc1[C@H]1CCCN1c1ccc2[nH]cnc2n1. The van der Waals surface area contributed by atoms with Crippen LogP contribution in [-0.4, -0.2) is 32.5 Å². The summed E-state index contributed by atoms with van der Waals surface area (Å²) in [7, 11) is 0. The van der Waals surface area contributed by atoms with Gasteiger partial charge in [0.25, 0.3) is 0 Å². The number of pyridine rings is 2. The van der Waals surface area contributed by atoms with Crippen molar-refractivity contribution in [3.63, 3.8) is 0 Å². The number of nitrogens with one attached hydrogen (secondary N) is 1. The van der Waals surface area contributed by atoms with Gasteiger partial charge in [-0.15, -0.1) is 0 Å². The maximum Gasteiger partial charge on any atom is 0.179 e. The van der Waals surface area contributed by atoms with Crippen LogP contribution in [0.5, 0.6) is 0 Å². The fraction of sp³-hybridized carbons (Fsp3) is 0.316. The fourth-order valence-electron chi connectivity index (χ4n) is 3.33. The highest BCUT2D eigenvalue weighted by Gasteiger charge is 2.29. The summed E-state index contributed by atoms with van der Waals surface area (Å²) in [6.45, 7) is 2.64. The second kappa shape index (κ2) is 6.73. The molecule has 1 saturated heterocycles. The maximum atomic E-state index is 13.9. The summed E-state index contributed by atoms with van der Waals surface area (Å²) in [4.78, 5) is 18.3. The fourth-order valence-corrected chi connectivity index (χ4v) is 3.33. The zero-order valence-corrected chi connectivity index (χ0v) is 14.4. The van der Waals surface area contributed by atoms with Crippen LogP contribution in [-0.2, 0) is 0 Å². The summed E-state index contributed by atoms with van der Waals surface area (Å²) < 4.78 is 13.9. The number of imidazole rings is 1. The van der Waals surface area contributed by atoms with Crippen molar-refractivity contribution in [2.75, 3.05) is 11.4 Å². The van der Waals surface area contributed by atoms with E-state index in [0.717, 1.165) is 36.3 Å². The molecule has 0 radical (unpaired) electrons. The molecule has 1 aliphatic heterocycles. The van der Waals surface area contributed by atoms with E-state index in [1.165, 1.54) is 12.3 Å². The van der Waals surface area contributed by atoms with Crippen molar-refractivity contribution in [3.8, 4) is 11.8 Å². The number of nitrogens with two attached hydrogens (primary N) is 1. The van der Waals surface area contributed by atoms with Gasteiger partial charge >= 0.3 is 0 Å². The first-order valence-corrected chi connectivity index (χ1v) is 8.61. The Hall–Kier alpha value is -2.98. The van der Waals surface area contributed by atoms with E-state index in [2.05, 4.69) is 36.7 Å². The molecule has 0 bridgehead atoms. The molecule has 26 heavy (non-hydrogen) atoms. The van der Waals surface area contributed by atoms with Gasteiger partial charge in [0.1, 0.15) is 17.3 Å². The minimum Gasteiger partial charge on any atom is -0.349 e. The molecular weight excluding hydrogens is 331 g/mol. The number of anilines is 1. The first kappa shape index (κ1) is 16.5. The Labute approximate surface area is 150 Å². The van der Waals surface area contributed by atoms with E-state index in [4.69, 9.17) is 5.73 Å². The van der Waals surface area contributed by atoms with Crippen LogP contribution in [0.3, 0.4) is 0 Å². The lowest BCUT2D eigenvalue weighted by Gasteiger charge is -2.26. The highest BCUT2D eigenvalue weighted by atomic mass is 19.1. The van der Waals surface area contributed by atoms with Crippen molar-refractivity contribution in [2.24, 2.45) is 5.73 Å². The van der Waals surface area contributed by atoms with Crippen molar-refractivity contribution in [2.45, 2.75) is 31.8 Å². The number of H-pyrrole nitrogens is 1. The smallest absolute Gasteiger partial charge is 0.179 e. The number of aromatic amines is 1. The van der Waals surface area contributed by atoms with E-state index in [0.29, 0.717) is 11.3 Å². The van der Waals surface area contributed by atoms with Crippen LogP contribution in [0.25, 0.3) is 11.2 Å². The molecule has 4 heterocycles. The topological polar surface area (TPSA) is 83.7 Å². The normalized spacial score (nSPS) is 18.0. The van der Waals surface area contributed by atoms with Crippen LogP contribution < -0.4 is 10.6 Å². The molecule has 4 rings (SSSR count). The first-order chi connectivity index (χ1) is 12.6. The number of halogens is 1. The molecule has 0 amide bonds. The number of hydrogen-bond donors (Lipinski definition) is 2. The molecule has 1 aliphatic rings. The van der Waals surface area contributed by atoms with Crippen molar-refractivity contribution < 1.29 is 4.39 Å². The summed E-state index contributed by atoms with van der Waals surface area (Å²) in [5.74, 6) is 6.37. The number of fused-ring (bicyclic) bond motifs is 1. The predicted octanol–water partition coefficient (Wildman–Crippen LogP) is 2.53. The lowest BCUT2D eigenvalue weighted by Crippen LogP contribution is -2.24. The maximum absolute atomic E-state index is 13.9. The van der Waals surface area contributed by atoms with Crippen LogP contribution in [0.15, 0.2) is 30.7 Å². The van der Waals surface area contributed by atoms with Crippen LogP contribution in [0.1, 0.15) is 37.1 Å². The first-order valence-electron chi connectivity index (χ1n) is 8.61. The predicted molar refractivity (Wildman–Crippen MR) is 97.9 cm³/mol. The minimum absolute atomic E-state index is 0.0283. The van der Waals surface area contributed by atoms with E-state index in [-0.39, 0.29) is 17.9 Å². The second-order valence-electron chi connectivity index (χ2n) is 6.44. The average molecular weight is 350 g/mol. The number of hydrogen-bond acceptors (Lipinski definition) is 5. The van der Waals surface area contributed by atoms with Gasteiger partial charge in [0, 0.05) is 12.1 Å². The average Bonchev–Trinajstić information content (AvgIpc) is 3.28. The number of nitrogens with zero attached hydrogens (tertiary/aromatic N) is 4. The van der Waals surface area contributed by atoms with Crippen molar-refractivity contribution in [1.29, 1.82) is 0 Å². The molecule has 6 nitrogen and oxygen atoms in total. The Morgan fingerprint density at radius 2 is 2.27 bits per heavy atom. The molecule has 0 saturated carbocycles. The molecule has 0 aromatic carbocycles. The lowest BCUT2D eigenvalue weighted by molar-refractivity contribution is 0.609. The molecule has 0 spiro atoms. The Kier molecular flexibility index (Phi) is 4.27. The number of rotatable bonds is 2. The van der Waals surface area contributed by atoms with Gasteiger partial charge in [0.05, 0.1) is 30.1 Å². The van der Waals surface area contributed by atoms with E-state index in [1.807, 2.05) is 12.1 Å². The summed E-state index contributed by atoms with van der Waals surface area (Å²) >= 11 is 0. The Morgan fingerprint density at radius 3 is 3.12 bits per heavy atom. The molecule has 2 atom stereocenters. The quantitative estimate of drug-likeness (QED) is 0.694. The molecule has 1 fully saturated rings. The van der Waals surface area contributed by atoms with Gasteiger partial charge < -0.3 is 15.6 Å². The largest absolute Gasteiger partial charge is 0.349 e. The molecule has 3 aromatic rings. The van der Waals surface area contributed by atoms with Gasteiger partial charge in [-0.3, -0.25) is 0 Å². The van der Waals surface area contributed by atoms with Gasteiger partial charge in [-0.1, -0.05) is 5.92 Å². The highest BCUT2D eigenvalue weighted by Crippen LogP contribution is 2.36. The second-order valence-corrected chi connectivity index (χ2v) is 6.44. The van der Waals surface area contributed by atoms with Gasteiger partial charge in [0.2, 0.25) is 0 Å². The molecular formula is C19H19FN6. The van der Waals surface area contributed by atoms with Gasteiger partial charge in [0.15, 0.2) is 5.65 Å². The van der Waals surface area contributed by atoms with Gasteiger partial charge in [-0.2, -0.15) is 0 Å². The molecule has 3 aromatic heterocycles. The van der Waals surface area contributed by atoms with Gasteiger partial charge in [-0.25, -0.2) is 19.3 Å². The van der Waals surface area contributed by atoms with E-state index in [9.17, 15) is 4.39 Å². The summed E-state index contributed by atoms with van der Waals surface area (Å²) in [6.07, 6.45) is 4.70. The van der Waals surface area contributed by atoms with Crippen molar-refractivity contribution >= 4 is 17.0 Å². The Bertz CT molecular complexity index is 1000. The third-order valence-electron chi connectivity index (χ3n) is 4.48. The molecule has 0 aliphatic carbocycles. The standard InChI is InChI=1S/C19H19FN6/c1-12(21)4-5-15-14(9-13(20)10-22-15)17-3-2-8-26(17)18-7-6-16-19(25-18)24-11-23-16/h6-7,9-12,17H,2-3,8,21H2,1H3,(H,23,24,25)/t12-,17-/m1/s1. The summed E-state index contributed by atoms with van der Waals surface area (Å²) in [5, 5.41) is 0. The highest BCUT2D eigenvalue weighted by molar-refractivity contribution is 5.72. The van der Waals surface area contributed by atoms with E-state index in [1.54, 1.807) is 13.3 Å². The van der Waals surface area contributed by atoms with Crippen LogP contribution in [0.2, 0.25) is 0 Å². The lowest BCUT2D eigenvalue weighted by atomic mass is 10.0. The van der Waals surface area contributed by atoms with Crippen molar-refractivity contribution in [3.05, 3.63) is 47.8 Å². The zero-order chi connectivity index (χ0) is 18.1. The van der Waals surface area contributed by atoms with Gasteiger partial charge in [-0.05, 0) is 43.9 Å². The third kappa shape index (κ3) is 3.11. The van der Waals surface area contributed by atoms with E-state index < -0.39 is 0 Å². The van der Waals surface area contributed by atoms with Crippen LogP contribution in [0, 0.1) is 17.7 Å². The molecule has 7 heteroatoms. The monoisotopic (exact) mass is 350 g/mol. The minimum atomic E-state index is -0.367. The Morgan fingerprint density at radius 1 is 1.38 bits per heavy atom.